The van der Waals surface area contributed by atoms with Crippen molar-refractivity contribution in [2.45, 2.75) is 52.4 Å². The van der Waals surface area contributed by atoms with Crippen LogP contribution in [0.4, 0.5) is 0 Å². The zero-order valence-corrected chi connectivity index (χ0v) is 11.3. The van der Waals surface area contributed by atoms with Crippen LogP contribution in [-0.2, 0) is 6.42 Å². The number of aryl methyl sites for hydroxylation is 1. The summed E-state index contributed by atoms with van der Waals surface area (Å²) in [6, 6.07) is 6.81. The molecular weight excluding hydrogens is 208 g/mol. The highest BCUT2D eigenvalue weighted by Crippen LogP contribution is 2.43. The molecule has 0 saturated heterocycles. The maximum absolute atomic E-state index is 9.57. The molecule has 1 aliphatic rings. The second-order valence-electron chi connectivity index (χ2n) is 6.03. The van der Waals surface area contributed by atoms with Crippen LogP contribution in [0.15, 0.2) is 18.2 Å². The fraction of sp³-hybridized carbons (Fsp3) is 0.625. The van der Waals surface area contributed by atoms with Crippen LogP contribution < -0.4 is 0 Å². The van der Waals surface area contributed by atoms with E-state index >= 15 is 0 Å². The number of aliphatic hydroxyl groups is 1. The summed E-state index contributed by atoms with van der Waals surface area (Å²) in [5.74, 6) is 0.584. The summed E-state index contributed by atoms with van der Waals surface area (Å²) < 4.78 is 0. The molecule has 17 heavy (non-hydrogen) atoms. The first kappa shape index (κ1) is 12.6. The largest absolute Gasteiger partial charge is 0.396 e. The van der Waals surface area contributed by atoms with Gasteiger partial charge in [-0.3, -0.25) is 0 Å². The maximum atomic E-state index is 9.57. The molecule has 1 aromatic carbocycles. The quantitative estimate of drug-likeness (QED) is 0.836. The van der Waals surface area contributed by atoms with Crippen molar-refractivity contribution in [1.29, 1.82) is 0 Å². The number of aliphatic hydroxyl groups excluding tert-OH is 1. The fourth-order valence-electron chi connectivity index (χ4n) is 2.71. The van der Waals surface area contributed by atoms with Gasteiger partial charge in [0.1, 0.15) is 0 Å². The Labute approximate surface area is 105 Å². The average molecular weight is 232 g/mol. The minimum absolute atomic E-state index is 0.195. The van der Waals surface area contributed by atoms with Gasteiger partial charge in [0, 0.05) is 6.61 Å². The smallest absolute Gasteiger partial charge is 0.0490 e. The number of rotatable bonds is 4. The highest BCUT2D eigenvalue weighted by Gasteiger charge is 2.36. The Kier molecular flexibility index (Phi) is 3.58. The Balaban J connectivity index is 2.22. The second kappa shape index (κ2) is 4.81. The molecular formula is C16H24O. The molecule has 1 aromatic rings. The first-order chi connectivity index (χ1) is 8.06. The predicted molar refractivity (Wildman–Crippen MR) is 72.3 cm³/mol. The zero-order chi connectivity index (χ0) is 12.5. The molecule has 1 N–H and O–H groups in total. The summed E-state index contributed by atoms with van der Waals surface area (Å²) in [4.78, 5) is 0. The standard InChI is InChI=1S/C16H24O/c1-12(2)14-6-5-13(3)15(9-14)10-16(11-17)7-4-8-16/h5-6,9,12,17H,4,7-8,10-11H2,1-3H3. The van der Waals surface area contributed by atoms with Crippen molar-refractivity contribution in [2.24, 2.45) is 5.41 Å². The lowest BCUT2D eigenvalue weighted by molar-refractivity contribution is 0.0449. The first-order valence-corrected chi connectivity index (χ1v) is 6.77. The van der Waals surface area contributed by atoms with Gasteiger partial charge in [-0.1, -0.05) is 38.5 Å². The lowest BCUT2D eigenvalue weighted by atomic mass is 9.65. The van der Waals surface area contributed by atoms with Crippen LogP contribution in [0.2, 0.25) is 0 Å². The summed E-state index contributed by atoms with van der Waals surface area (Å²) in [6.07, 6.45) is 4.71. The third kappa shape index (κ3) is 2.55. The lowest BCUT2D eigenvalue weighted by Gasteiger charge is -2.41. The summed E-state index contributed by atoms with van der Waals surface area (Å²) in [6.45, 7) is 7.00. The SMILES string of the molecule is Cc1ccc(C(C)C)cc1CC1(CO)CCC1. The maximum Gasteiger partial charge on any atom is 0.0490 e. The molecule has 2 rings (SSSR count). The van der Waals surface area contributed by atoms with Gasteiger partial charge in [0.05, 0.1) is 0 Å². The van der Waals surface area contributed by atoms with E-state index in [0.29, 0.717) is 12.5 Å². The Bertz CT molecular complexity index is 383. The second-order valence-corrected chi connectivity index (χ2v) is 6.03. The van der Waals surface area contributed by atoms with Gasteiger partial charge in [0.25, 0.3) is 0 Å². The molecule has 0 atom stereocenters. The van der Waals surface area contributed by atoms with Gasteiger partial charge in [0.15, 0.2) is 0 Å². The van der Waals surface area contributed by atoms with Crippen molar-refractivity contribution < 1.29 is 5.11 Å². The minimum atomic E-state index is 0.195. The average Bonchev–Trinajstić information content (AvgIpc) is 2.25. The molecule has 0 amide bonds. The van der Waals surface area contributed by atoms with Gasteiger partial charge < -0.3 is 5.11 Å². The molecule has 0 spiro atoms. The zero-order valence-electron chi connectivity index (χ0n) is 11.3. The van der Waals surface area contributed by atoms with E-state index in [2.05, 4.69) is 39.0 Å². The van der Waals surface area contributed by atoms with Crippen molar-refractivity contribution >= 4 is 0 Å². The van der Waals surface area contributed by atoms with Gasteiger partial charge in [-0.2, -0.15) is 0 Å². The van der Waals surface area contributed by atoms with Crippen molar-refractivity contribution in [3.05, 3.63) is 34.9 Å². The highest BCUT2D eigenvalue weighted by atomic mass is 16.3. The van der Waals surface area contributed by atoms with Gasteiger partial charge in [-0.05, 0) is 54.2 Å². The molecule has 1 heteroatoms. The van der Waals surface area contributed by atoms with Crippen LogP contribution in [0.3, 0.4) is 0 Å². The summed E-state index contributed by atoms with van der Waals surface area (Å²) in [5.41, 5.74) is 4.41. The molecule has 0 unspecified atom stereocenters. The van der Waals surface area contributed by atoms with Crippen LogP contribution >= 0.6 is 0 Å². The van der Waals surface area contributed by atoms with E-state index in [1.165, 1.54) is 36.0 Å². The van der Waals surface area contributed by atoms with Crippen LogP contribution in [0.25, 0.3) is 0 Å². The Morgan fingerprint density at radius 3 is 2.47 bits per heavy atom. The molecule has 1 saturated carbocycles. The molecule has 0 aliphatic heterocycles. The molecule has 1 aliphatic carbocycles. The van der Waals surface area contributed by atoms with Gasteiger partial charge in [0.2, 0.25) is 0 Å². The Hall–Kier alpha value is -0.820. The monoisotopic (exact) mass is 232 g/mol. The molecule has 94 valence electrons. The van der Waals surface area contributed by atoms with Crippen molar-refractivity contribution in [3.8, 4) is 0 Å². The van der Waals surface area contributed by atoms with E-state index in [9.17, 15) is 5.11 Å². The van der Waals surface area contributed by atoms with Crippen molar-refractivity contribution in [3.63, 3.8) is 0 Å². The summed E-state index contributed by atoms with van der Waals surface area (Å²) in [7, 11) is 0. The molecule has 0 bridgehead atoms. The molecule has 0 heterocycles. The topological polar surface area (TPSA) is 20.2 Å². The third-order valence-corrected chi connectivity index (χ3v) is 4.35. The number of hydrogen-bond acceptors (Lipinski definition) is 1. The normalized spacial score (nSPS) is 18.2. The molecule has 0 aromatic heterocycles. The van der Waals surface area contributed by atoms with E-state index < -0.39 is 0 Å². The van der Waals surface area contributed by atoms with Crippen LogP contribution in [0.5, 0.6) is 0 Å². The Morgan fingerprint density at radius 2 is 2.00 bits per heavy atom. The van der Waals surface area contributed by atoms with Crippen LogP contribution in [0, 0.1) is 12.3 Å². The van der Waals surface area contributed by atoms with E-state index in [4.69, 9.17) is 0 Å². The highest BCUT2D eigenvalue weighted by molar-refractivity contribution is 5.33. The van der Waals surface area contributed by atoms with Crippen LogP contribution in [-0.4, -0.2) is 11.7 Å². The third-order valence-electron chi connectivity index (χ3n) is 4.35. The van der Waals surface area contributed by atoms with Gasteiger partial charge in [-0.15, -0.1) is 0 Å². The molecule has 1 nitrogen and oxygen atoms in total. The van der Waals surface area contributed by atoms with Crippen molar-refractivity contribution in [2.75, 3.05) is 6.61 Å². The first-order valence-electron chi connectivity index (χ1n) is 6.77. The van der Waals surface area contributed by atoms with Gasteiger partial charge in [-0.25, -0.2) is 0 Å². The van der Waals surface area contributed by atoms with Crippen LogP contribution in [0.1, 0.15) is 55.7 Å². The molecule has 0 radical (unpaired) electrons. The lowest BCUT2D eigenvalue weighted by Crippen LogP contribution is -2.35. The summed E-state index contributed by atoms with van der Waals surface area (Å²) >= 11 is 0. The number of hydrogen-bond donors (Lipinski definition) is 1. The fourth-order valence-corrected chi connectivity index (χ4v) is 2.71. The van der Waals surface area contributed by atoms with E-state index in [1.807, 2.05) is 0 Å². The van der Waals surface area contributed by atoms with E-state index in [-0.39, 0.29) is 5.41 Å². The van der Waals surface area contributed by atoms with E-state index in [0.717, 1.165) is 6.42 Å². The summed E-state index contributed by atoms with van der Waals surface area (Å²) in [5, 5.41) is 9.57. The van der Waals surface area contributed by atoms with Gasteiger partial charge >= 0.3 is 0 Å². The van der Waals surface area contributed by atoms with Crippen molar-refractivity contribution in [1.82, 2.24) is 0 Å². The minimum Gasteiger partial charge on any atom is -0.396 e. The Morgan fingerprint density at radius 1 is 1.29 bits per heavy atom. The number of benzene rings is 1. The molecule has 1 fully saturated rings. The predicted octanol–water partition coefficient (Wildman–Crippen LogP) is 3.82. The van der Waals surface area contributed by atoms with E-state index in [1.54, 1.807) is 0 Å².